The second kappa shape index (κ2) is 10.5. The topological polar surface area (TPSA) is 20.2 Å². The first-order valence-corrected chi connectivity index (χ1v) is 4.21. The lowest BCUT2D eigenvalue weighted by Crippen LogP contribution is -1.79. The van der Waals surface area contributed by atoms with Gasteiger partial charge in [0.2, 0.25) is 0 Å². The molecule has 0 aromatic heterocycles. The molecule has 0 saturated heterocycles. The molecule has 2 heteroatoms. The minimum atomic E-state index is 0.627. The molecule has 0 bridgehead atoms. The van der Waals surface area contributed by atoms with Gasteiger partial charge in [-0.15, -0.1) is 0 Å². The summed E-state index contributed by atoms with van der Waals surface area (Å²) in [6, 6.07) is 0. The van der Waals surface area contributed by atoms with E-state index < -0.39 is 0 Å². The fourth-order valence-corrected chi connectivity index (χ4v) is 0.878. The van der Waals surface area contributed by atoms with Crippen molar-refractivity contribution in [2.24, 2.45) is 0 Å². The first kappa shape index (κ1) is 14.0. The predicted molar refractivity (Wildman–Crippen MR) is 56.3 cm³/mol. The van der Waals surface area contributed by atoms with Gasteiger partial charge in [0.1, 0.15) is 0 Å². The third kappa shape index (κ3) is 7.58. The Morgan fingerprint density at radius 3 is 2.25 bits per heavy atom. The third-order valence-electron chi connectivity index (χ3n) is 1.19. The highest BCUT2D eigenvalue weighted by molar-refractivity contribution is 6.31. The molecular formula is C10H17ClO. The highest BCUT2D eigenvalue weighted by atomic mass is 35.5. The molecule has 0 spiro atoms. The van der Waals surface area contributed by atoms with Crippen molar-refractivity contribution in [2.45, 2.75) is 19.8 Å². The average Bonchev–Trinajstić information content (AvgIpc) is 2.08. The summed E-state index contributed by atoms with van der Waals surface area (Å²) in [7, 11) is 1.00. The summed E-state index contributed by atoms with van der Waals surface area (Å²) in [5, 5.41) is 7.63. The normalized spacial score (nSPS) is 9.83. The molecule has 0 rings (SSSR count). The SMILES string of the molecule is C=C/C=C(/CCC)C(=C)Cl.CO. The minimum absolute atomic E-state index is 0.627. The van der Waals surface area contributed by atoms with Crippen molar-refractivity contribution in [3.05, 3.63) is 35.9 Å². The van der Waals surface area contributed by atoms with E-state index in [0.29, 0.717) is 5.03 Å². The number of aliphatic hydroxyl groups is 1. The number of allylic oxidation sites excluding steroid dienone is 4. The van der Waals surface area contributed by atoms with Crippen LogP contribution in [-0.2, 0) is 0 Å². The average molecular weight is 189 g/mol. The molecule has 1 N–H and O–H groups in total. The van der Waals surface area contributed by atoms with Crippen molar-refractivity contribution in [2.75, 3.05) is 7.11 Å². The van der Waals surface area contributed by atoms with E-state index in [1.54, 1.807) is 6.08 Å². The largest absolute Gasteiger partial charge is 0.400 e. The summed E-state index contributed by atoms with van der Waals surface area (Å²) < 4.78 is 0. The van der Waals surface area contributed by atoms with Crippen molar-refractivity contribution in [3.63, 3.8) is 0 Å². The Kier molecular flexibility index (Phi) is 12.2. The molecule has 0 aliphatic carbocycles. The van der Waals surface area contributed by atoms with Crippen LogP contribution in [0, 0.1) is 0 Å². The number of halogens is 1. The Labute approximate surface area is 80.1 Å². The highest BCUT2D eigenvalue weighted by Crippen LogP contribution is 2.17. The molecule has 0 aliphatic rings. The minimum Gasteiger partial charge on any atom is -0.400 e. The summed E-state index contributed by atoms with van der Waals surface area (Å²) in [5.74, 6) is 0. The Bertz CT molecular complexity index is 159. The van der Waals surface area contributed by atoms with Gasteiger partial charge in [-0.05, 0) is 12.0 Å². The lowest BCUT2D eigenvalue weighted by molar-refractivity contribution is 0.399. The van der Waals surface area contributed by atoms with Crippen LogP contribution in [0.3, 0.4) is 0 Å². The Morgan fingerprint density at radius 2 is 2.00 bits per heavy atom. The first-order chi connectivity index (χ1) is 5.72. The molecule has 0 aromatic carbocycles. The molecule has 0 heterocycles. The van der Waals surface area contributed by atoms with Gasteiger partial charge in [0.05, 0.1) is 0 Å². The second-order valence-electron chi connectivity index (χ2n) is 2.08. The van der Waals surface area contributed by atoms with Crippen molar-refractivity contribution in [3.8, 4) is 0 Å². The molecule has 0 fully saturated rings. The van der Waals surface area contributed by atoms with Crippen LogP contribution in [0.1, 0.15) is 19.8 Å². The number of rotatable bonds is 4. The van der Waals surface area contributed by atoms with Crippen molar-refractivity contribution < 1.29 is 5.11 Å². The van der Waals surface area contributed by atoms with Crippen LogP contribution < -0.4 is 0 Å². The number of hydrogen-bond donors (Lipinski definition) is 1. The lowest BCUT2D eigenvalue weighted by atomic mass is 10.1. The van der Waals surface area contributed by atoms with Gasteiger partial charge < -0.3 is 5.11 Å². The van der Waals surface area contributed by atoms with Crippen molar-refractivity contribution in [1.82, 2.24) is 0 Å². The fourth-order valence-electron chi connectivity index (χ4n) is 0.721. The second-order valence-corrected chi connectivity index (χ2v) is 2.54. The number of aliphatic hydroxyl groups excluding tert-OH is 1. The van der Waals surface area contributed by atoms with Crippen LogP contribution >= 0.6 is 11.6 Å². The lowest BCUT2D eigenvalue weighted by Gasteiger charge is -1.99. The zero-order chi connectivity index (χ0) is 9.98. The summed E-state index contributed by atoms with van der Waals surface area (Å²) in [6.45, 7) is 9.34. The van der Waals surface area contributed by atoms with Gasteiger partial charge in [0, 0.05) is 12.1 Å². The van der Waals surface area contributed by atoms with E-state index in [9.17, 15) is 0 Å². The molecule has 0 aliphatic heterocycles. The Balaban J connectivity index is 0. The molecular weight excluding hydrogens is 172 g/mol. The summed E-state index contributed by atoms with van der Waals surface area (Å²) in [4.78, 5) is 0. The van der Waals surface area contributed by atoms with Crippen molar-refractivity contribution >= 4 is 11.6 Å². The third-order valence-corrected chi connectivity index (χ3v) is 1.43. The van der Waals surface area contributed by atoms with Gasteiger partial charge in [-0.2, -0.15) is 0 Å². The zero-order valence-electron chi connectivity index (χ0n) is 7.81. The van der Waals surface area contributed by atoms with Crippen LogP contribution in [0.15, 0.2) is 35.9 Å². The van der Waals surface area contributed by atoms with E-state index in [4.69, 9.17) is 16.7 Å². The van der Waals surface area contributed by atoms with Gasteiger partial charge in [-0.1, -0.05) is 50.3 Å². The highest BCUT2D eigenvalue weighted by Gasteiger charge is 1.95. The van der Waals surface area contributed by atoms with Crippen LogP contribution in [0.25, 0.3) is 0 Å². The van der Waals surface area contributed by atoms with Crippen molar-refractivity contribution in [1.29, 1.82) is 0 Å². The summed E-state index contributed by atoms with van der Waals surface area (Å²) in [5.41, 5.74) is 1.08. The van der Waals surface area contributed by atoms with Gasteiger partial charge in [0.15, 0.2) is 0 Å². The van der Waals surface area contributed by atoms with Crippen LogP contribution in [-0.4, -0.2) is 12.2 Å². The molecule has 0 amide bonds. The monoisotopic (exact) mass is 188 g/mol. The Hall–Kier alpha value is -0.530. The van der Waals surface area contributed by atoms with E-state index in [0.717, 1.165) is 25.5 Å². The predicted octanol–water partition coefficient (Wildman–Crippen LogP) is 3.26. The standard InChI is InChI=1S/C9H13Cl.CH4O/c1-4-6-9(7-5-2)8(3)10;1-2/h4,6H,1,3,5,7H2,2H3;2H,1H3/b9-6-;. The smallest absolute Gasteiger partial charge is 0.0366 e. The molecule has 1 nitrogen and oxygen atoms in total. The summed E-state index contributed by atoms with van der Waals surface area (Å²) >= 11 is 5.69. The van der Waals surface area contributed by atoms with Crippen LogP contribution in [0.2, 0.25) is 0 Å². The molecule has 0 unspecified atom stereocenters. The fraction of sp³-hybridized carbons (Fsp3) is 0.400. The van der Waals surface area contributed by atoms with E-state index >= 15 is 0 Å². The van der Waals surface area contributed by atoms with Crippen LogP contribution in [0.5, 0.6) is 0 Å². The maximum Gasteiger partial charge on any atom is 0.0366 e. The molecule has 0 atom stereocenters. The summed E-state index contributed by atoms with van der Waals surface area (Å²) in [6.07, 6.45) is 5.71. The zero-order valence-corrected chi connectivity index (χ0v) is 8.56. The van der Waals surface area contributed by atoms with Gasteiger partial charge in [-0.3, -0.25) is 0 Å². The molecule has 0 radical (unpaired) electrons. The number of hydrogen-bond acceptors (Lipinski definition) is 1. The van der Waals surface area contributed by atoms with E-state index in [1.807, 2.05) is 6.08 Å². The quantitative estimate of drug-likeness (QED) is 0.672. The van der Waals surface area contributed by atoms with Gasteiger partial charge >= 0.3 is 0 Å². The molecule has 0 saturated carbocycles. The van der Waals surface area contributed by atoms with E-state index in [1.165, 1.54) is 0 Å². The molecule has 12 heavy (non-hydrogen) atoms. The van der Waals surface area contributed by atoms with E-state index in [2.05, 4.69) is 20.1 Å². The maximum atomic E-state index is 7.00. The van der Waals surface area contributed by atoms with Crippen LogP contribution in [0.4, 0.5) is 0 Å². The molecule has 0 aromatic rings. The molecule has 70 valence electrons. The van der Waals surface area contributed by atoms with Gasteiger partial charge in [0.25, 0.3) is 0 Å². The Morgan fingerprint density at radius 1 is 1.50 bits per heavy atom. The van der Waals surface area contributed by atoms with E-state index in [-0.39, 0.29) is 0 Å². The first-order valence-electron chi connectivity index (χ1n) is 3.83. The maximum absolute atomic E-state index is 7.00. The van der Waals surface area contributed by atoms with Gasteiger partial charge in [-0.25, -0.2) is 0 Å².